The van der Waals surface area contributed by atoms with Gasteiger partial charge in [0.2, 0.25) is 0 Å². The molecule has 0 atom stereocenters. The second-order valence-electron chi connectivity index (χ2n) is 7.79. The third-order valence-electron chi connectivity index (χ3n) is 5.53. The second-order valence-corrected chi connectivity index (χ2v) is 7.79. The number of para-hydroxylation sites is 3. The molecule has 166 valence electrons. The number of nitrogens with zero attached hydrogens (tertiary/aromatic N) is 3. The highest BCUT2D eigenvalue weighted by atomic mass is 16.6. The molecule has 0 amide bonds. The number of non-ortho nitro benzene ring substituents is 1. The molecule has 4 aromatic rings. The minimum Gasteiger partial charge on any atom is -0.455 e. The van der Waals surface area contributed by atoms with E-state index in [0.29, 0.717) is 45.2 Å². The third kappa shape index (κ3) is 3.67. The van der Waals surface area contributed by atoms with Crippen LogP contribution < -0.4 is 4.74 Å². The predicted molar refractivity (Wildman–Crippen MR) is 128 cm³/mol. The Kier molecular flexibility index (Phi) is 5.10. The van der Waals surface area contributed by atoms with E-state index in [1.54, 1.807) is 24.3 Å². The average molecular weight is 451 g/mol. The summed E-state index contributed by atoms with van der Waals surface area (Å²) in [6, 6.07) is 24.3. The summed E-state index contributed by atoms with van der Waals surface area (Å²) in [5.74, 6) is 1.12. The molecule has 4 aromatic carbocycles. The SMILES string of the molecule is Cc1ccc2c(c1)C(=Nc1ccccc1Oc1ccccc1)c1cc([N+](=O)[O-])cc([N+](=O)[O-])c1-2. The van der Waals surface area contributed by atoms with Gasteiger partial charge < -0.3 is 4.74 Å². The zero-order valence-corrected chi connectivity index (χ0v) is 18.0. The maximum Gasteiger partial charge on any atom is 0.284 e. The number of benzene rings is 4. The Morgan fingerprint density at radius 2 is 1.50 bits per heavy atom. The Bertz CT molecular complexity index is 1500. The van der Waals surface area contributed by atoms with E-state index in [9.17, 15) is 20.2 Å². The zero-order chi connectivity index (χ0) is 23.8. The summed E-state index contributed by atoms with van der Waals surface area (Å²) in [6.45, 7) is 1.91. The summed E-state index contributed by atoms with van der Waals surface area (Å²) in [6.07, 6.45) is 0. The van der Waals surface area contributed by atoms with Crippen molar-refractivity contribution >= 4 is 22.8 Å². The smallest absolute Gasteiger partial charge is 0.284 e. The first kappa shape index (κ1) is 21.0. The molecule has 0 radical (unpaired) electrons. The molecule has 0 saturated carbocycles. The van der Waals surface area contributed by atoms with Crippen LogP contribution in [-0.2, 0) is 0 Å². The van der Waals surface area contributed by atoms with Crippen LogP contribution in [0.1, 0.15) is 16.7 Å². The maximum atomic E-state index is 11.9. The van der Waals surface area contributed by atoms with Crippen LogP contribution >= 0.6 is 0 Å². The first-order chi connectivity index (χ1) is 16.4. The summed E-state index contributed by atoms with van der Waals surface area (Å²) in [4.78, 5) is 27.0. The van der Waals surface area contributed by atoms with E-state index in [0.717, 1.165) is 11.6 Å². The van der Waals surface area contributed by atoms with Crippen molar-refractivity contribution in [2.75, 3.05) is 0 Å². The van der Waals surface area contributed by atoms with E-state index < -0.39 is 9.85 Å². The van der Waals surface area contributed by atoms with Crippen molar-refractivity contribution in [1.82, 2.24) is 0 Å². The fourth-order valence-corrected chi connectivity index (χ4v) is 4.04. The second kappa shape index (κ2) is 8.25. The van der Waals surface area contributed by atoms with Crippen molar-refractivity contribution in [2.24, 2.45) is 4.99 Å². The fourth-order valence-electron chi connectivity index (χ4n) is 4.04. The van der Waals surface area contributed by atoms with Gasteiger partial charge in [-0.25, -0.2) is 4.99 Å². The third-order valence-corrected chi connectivity index (χ3v) is 5.53. The van der Waals surface area contributed by atoms with Crippen LogP contribution in [0.15, 0.2) is 89.9 Å². The van der Waals surface area contributed by atoms with E-state index in [1.807, 2.05) is 55.5 Å². The maximum absolute atomic E-state index is 11.9. The molecule has 34 heavy (non-hydrogen) atoms. The highest BCUT2D eigenvalue weighted by molar-refractivity contribution is 6.26. The summed E-state index contributed by atoms with van der Waals surface area (Å²) in [7, 11) is 0. The Hall–Kier alpha value is -4.85. The van der Waals surface area contributed by atoms with Crippen LogP contribution in [0, 0.1) is 27.2 Å². The van der Waals surface area contributed by atoms with E-state index >= 15 is 0 Å². The van der Waals surface area contributed by atoms with E-state index in [2.05, 4.69) is 0 Å². The van der Waals surface area contributed by atoms with Crippen LogP contribution in [0.4, 0.5) is 17.1 Å². The number of aliphatic imine (C=N–C) groups is 1. The zero-order valence-electron chi connectivity index (χ0n) is 18.0. The number of nitro benzene ring substituents is 2. The van der Waals surface area contributed by atoms with Crippen LogP contribution in [0.2, 0.25) is 0 Å². The molecule has 0 fully saturated rings. The normalized spacial score (nSPS) is 12.8. The highest BCUT2D eigenvalue weighted by Gasteiger charge is 2.35. The number of nitro groups is 2. The lowest BCUT2D eigenvalue weighted by Crippen LogP contribution is -2.01. The molecule has 1 aliphatic carbocycles. The van der Waals surface area contributed by atoms with Crippen molar-refractivity contribution in [1.29, 1.82) is 0 Å². The highest BCUT2D eigenvalue weighted by Crippen LogP contribution is 2.46. The number of hydrogen-bond donors (Lipinski definition) is 0. The topological polar surface area (TPSA) is 108 Å². The van der Waals surface area contributed by atoms with Crippen molar-refractivity contribution in [2.45, 2.75) is 6.92 Å². The summed E-state index contributed by atoms with van der Waals surface area (Å²) >= 11 is 0. The quantitative estimate of drug-likeness (QED) is 0.217. The van der Waals surface area contributed by atoms with Crippen molar-refractivity contribution in [3.8, 4) is 22.6 Å². The van der Waals surface area contributed by atoms with Gasteiger partial charge >= 0.3 is 0 Å². The molecule has 0 saturated heterocycles. The first-order valence-electron chi connectivity index (χ1n) is 10.4. The van der Waals surface area contributed by atoms with Gasteiger partial charge in [-0.05, 0) is 42.8 Å². The van der Waals surface area contributed by atoms with Crippen molar-refractivity contribution in [3.63, 3.8) is 0 Å². The lowest BCUT2D eigenvalue weighted by Gasteiger charge is -2.10. The average Bonchev–Trinajstić information content (AvgIpc) is 3.12. The number of hydrogen-bond acceptors (Lipinski definition) is 6. The lowest BCUT2D eigenvalue weighted by atomic mass is 10.0. The molecule has 0 aliphatic heterocycles. The van der Waals surface area contributed by atoms with Gasteiger partial charge in [0, 0.05) is 17.2 Å². The Morgan fingerprint density at radius 3 is 2.24 bits per heavy atom. The number of fused-ring (bicyclic) bond motifs is 3. The van der Waals surface area contributed by atoms with Crippen LogP contribution in [0.5, 0.6) is 11.5 Å². The molecule has 0 N–H and O–H groups in total. The molecule has 8 heteroatoms. The van der Waals surface area contributed by atoms with Gasteiger partial charge in [-0.15, -0.1) is 0 Å². The standard InChI is InChI=1S/C26H17N3O5/c1-16-11-12-19-20(13-16)26(21-14-17(28(30)31)15-23(25(19)21)29(32)33)27-22-9-5-6-10-24(22)34-18-7-3-2-4-8-18/h2-15H,1H3. The van der Waals surface area contributed by atoms with Crippen LogP contribution in [-0.4, -0.2) is 15.6 Å². The molecule has 0 bridgehead atoms. The molecule has 8 nitrogen and oxygen atoms in total. The first-order valence-corrected chi connectivity index (χ1v) is 10.4. The van der Waals surface area contributed by atoms with Gasteiger partial charge in [0.05, 0.1) is 27.2 Å². The van der Waals surface area contributed by atoms with Crippen molar-refractivity contribution in [3.05, 3.63) is 122 Å². The minimum absolute atomic E-state index is 0.325. The Labute approximate surface area is 194 Å². The van der Waals surface area contributed by atoms with E-state index in [4.69, 9.17) is 9.73 Å². The minimum atomic E-state index is -0.633. The largest absolute Gasteiger partial charge is 0.455 e. The summed E-state index contributed by atoms with van der Waals surface area (Å²) < 4.78 is 6.02. The Morgan fingerprint density at radius 1 is 0.765 bits per heavy atom. The van der Waals surface area contributed by atoms with Crippen LogP contribution in [0.3, 0.4) is 0 Å². The molecule has 0 heterocycles. The van der Waals surface area contributed by atoms with E-state index in [-0.39, 0.29) is 11.4 Å². The number of aryl methyl sites for hydroxylation is 1. The molecule has 0 aromatic heterocycles. The molecule has 1 aliphatic rings. The number of rotatable bonds is 5. The summed E-state index contributed by atoms with van der Waals surface area (Å²) in [5, 5.41) is 23.4. The van der Waals surface area contributed by atoms with Gasteiger partial charge in [0.15, 0.2) is 5.75 Å². The van der Waals surface area contributed by atoms with Gasteiger partial charge in [0.25, 0.3) is 11.4 Å². The van der Waals surface area contributed by atoms with Crippen molar-refractivity contribution < 1.29 is 14.6 Å². The Balaban J connectivity index is 1.75. The fraction of sp³-hybridized carbons (Fsp3) is 0.0385. The molecule has 0 unspecified atom stereocenters. The lowest BCUT2D eigenvalue weighted by molar-refractivity contribution is -0.393. The molecule has 5 rings (SSSR count). The molecule has 0 spiro atoms. The van der Waals surface area contributed by atoms with Gasteiger partial charge in [-0.2, -0.15) is 0 Å². The van der Waals surface area contributed by atoms with E-state index in [1.165, 1.54) is 6.07 Å². The summed E-state index contributed by atoms with van der Waals surface area (Å²) in [5.41, 5.74) is 3.12. The van der Waals surface area contributed by atoms with Crippen LogP contribution in [0.25, 0.3) is 11.1 Å². The van der Waals surface area contributed by atoms with Gasteiger partial charge in [-0.1, -0.05) is 48.0 Å². The monoisotopic (exact) mass is 451 g/mol. The molecular formula is C26H17N3O5. The molecular weight excluding hydrogens is 434 g/mol. The van der Waals surface area contributed by atoms with Gasteiger partial charge in [-0.3, -0.25) is 20.2 Å². The predicted octanol–water partition coefficient (Wildman–Crippen LogP) is 6.75. The van der Waals surface area contributed by atoms with Gasteiger partial charge in [0.1, 0.15) is 11.4 Å². The number of ether oxygens (including phenoxy) is 1.